The van der Waals surface area contributed by atoms with E-state index in [0.29, 0.717) is 0 Å². The van der Waals surface area contributed by atoms with Crippen LogP contribution in [0.3, 0.4) is 0 Å². The van der Waals surface area contributed by atoms with Gasteiger partial charge in [-0.15, -0.1) is 39.5 Å². The fourth-order valence-corrected chi connectivity index (χ4v) is 5.67. The predicted molar refractivity (Wildman–Crippen MR) is 122 cm³/mol. The molecule has 0 radical (unpaired) electrons. The minimum atomic E-state index is -6.20. The first-order valence-electron chi connectivity index (χ1n) is 10.5. The summed E-state index contributed by atoms with van der Waals surface area (Å²) in [5.74, 6) is -17.6. The second-order valence-electron chi connectivity index (χ2n) is 8.23. The van der Waals surface area contributed by atoms with Crippen molar-refractivity contribution < 1.29 is 97.1 Å². The van der Waals surface area contributed by atoms with Crippen LogP contribution in [0.4, 0.5) is 79.0 Å². The van der Waals surface area contributed by atoms with Gasteiger partial charge in [0.2, 0.25) is 0 Å². The molecule has 46 heavy (non-hydrogen) atoms. The summed E-state index contributed by atoms with van der Waals surface area (Å²) >= 11 is -15.1. The highest BCUT2D eigenvalue weighted by molar-refractivity contribution is 8.01. The van der Waals surface area contributed by atoms with Crippen molar-refractivity contribution >= 4 is 81.7 Å². The molecule has 0 aliphatic carbocycles. The van der Waals surface area contributed by atoms with Crippen LogP contribution in [-0.4, -0.2) is 30.2 Å². The Bertz CT molecular complexity index is 1990. The normalized spacial score (nSPS) is 17.6. The standard InChI is InChI=1S/C21F18O4S3/c22-8-1-2(9(23)5(8)16(28)44(40)19(31,32)33)4-11(25)7(18(30)46(42)21(37,38)39)13(27)15(4)43-14-3(1)10(24)6(12(14)26)17(29)45(41)20(34,35)36/b16-5-,17-6+,18-7-. The molecular formula is C21F18O4S3. The van der Waals surface area contributed by atoms with Crippen molar-refractivity contribution in [1.82, 2.24) is 0 Å². The lowest BCUT2D eigenvalue weighted by Crippen LogP contribution is -2.27. The number of alkyl halides is 9. The van der Waals surface area contributed by atoms with Gasteiger partial charge in [-0.2, -0.15) is 13.2 Å². The smallest absolute Gasteiger partial charge is 0.580 e. The summed E-state index contributed by atoms with van der Waals surface area (Å²) in [4.78, 5) is 0. The van der Waals surface area contributed by atoms with Gasteiger partial charge >= 0.3 is 32.0 Å². The zero-order valence-corrected chi connectivity index (χ0v) is 22.6. The first-order chi connectivity index (χ1) is 20.8. The van der Waals surface area contributed by atoms with Crippen LogP contribution in [0.1, 0.15) is 0 Å². The van der Waals surface area contributed by atoms with Crippen LogP contribution in [0.15, 0.2) is 4.42 Å². The summed E-state index contributed by atoms with van der Waals surface area (Å²) in [6.07, 6.45) is 0. The Labute approximate surface area is 246 Å². The number of hydrogen-bond donors (Lipinski definition) is 0. The van der Waals surface area contributed by atoms with E-state index in [1.807, 2.05) is 0 Å². The minimum absolute atomic E-state index is 2.30. The Morgan fingerprint density at radius 3 is 0.870 bits per heavy atom. The van der Waals surface area contributed by atoms with Crippen LogP contribution >= 0.6 is 0 Å². The van der Waals surface area contributed by atoms with Crippen LogP contribution in [0, 0.1) is 34.9 Å². The molecule has 0 amide bonds. The fraction of sp³-hybridized carbons (Fsp3) is 0.143. The molecule has 4 rings (SSSR count). The molecule has 0 aliphatic rings. The van der Waals surface area contributed by atoms with Crippen molar-refractivity contribution in [2.75, 3.05) is 0 Å². The maximum Gasteiger partial charge on any atom is 0.580 e. The van der Waals surface area contributed by atoms with Gasteiger partial charge in [0.25, 0.3) is 0 Å². The molecule has 3 atom stereocenters. The predicted octanol–water partition coefficient (Wildman–Crippen LogP) is 6.20. The van der Waals surface area contributed by atoms with Crippen LogP contribution in [-0.2, 0) is 33.5 Å². The van der Waals surface area contributed by atoms with Crippen molar-refractivity contribution in [2.24, 2.45) is 0 Å². The highest BCUT2D eigenvalue weighted by Gasteiger charge is 2.52. The van der Waals surface area contributed by atoms with Crippen molar-refractivity contribution in [2.45, 2.75) is 16.5 Å². The fourth-order valence-electron chi connectivity index (χ4n) is 3.96. The van der Waals surface area contributed by atoms with Crippen LogP contribution in [0.25, 0.3) is 48.2 Å². The summed E-state index contributed by atoms with van der Waals surface area (Å²) in [6.45, 7) is 0. The van der Waals surface area contributed by atoms with Crippen molar-refractivity contribution in [3.63, 3.8) is 0 Å². The zero-order chi connectivity index (χ0) is 35.3. The van der Waals surface area contributed by atoms with Gasteiger partial charge < -0.3 is 18.1 Å². The number of halogens is 18. The second-order valence-corrected chi connectivity index (χ2v) is 12.3. The minimum Gasteiger partial charge on any atom is -0.602 e. The quantitative estimate of drug-likeness (QED) is 0.184. The summed E-state index contributed by atoms with van der Waals surface area (Å²) in [5, 5.41) is -27.7. The average molecular weight is 754 g/mol. The first-order valence-corrected chi connectivity index (χ1v) is 14.0. The van der Waals surface area contributed by atoms with Crippen LogP contribution < -0.4 is 15.7 Å². The monoisotopic (exact) mass is 754 g/mol. The SMILES string of the molecule is [O-][S+](/C(F)=c1\c(F)c2oc3c(F)/c(=C(\F)[S+]([O-])C(F)(F)F)c(F)c3c3c(F)/c(=C(\F)[S+]([O-])C(F)(F)F)c(F)c3c2c1F)C(F)(F)F. The molecule has 1 aromatic heterocycles. The molecular weight excluding hydrogens is 754 g/mol. The maximum absolute atomic E-state index is 15.5. The lowest BCUT2D eigenvalue weighted by molar-refractivity contribution is -0.0430. The molecule has 0 N–H and O–H groups in total. The maximum atomic E-state index is 15.5. The first kappa shape index (κ1) is 36.0. The van der Waals surface area contributed by atoms with Crippen LogP contribution in [0.2, 0.25) is 0 Å². The van der Waals surface area contributed by atoms with E-state index < -0.39 is 149 Å². The molecule has 0 aliphatic heterocycles. The van der Waals surface area contributed by atoms with E-state index >= 15 is 26.3 Å². The molecule has 252 valence electrons. The van der Waals surface area contributed by atoms with Crippen LogP contribution in [0.5, 0.6) is 0 Å². The molecule has 0 bridgehead atoms. The molecule has 4 nitrogen and oxygen atoms in total. The molecule has 4 aromatic rings. The molecule has 25 heteroatoms. The zero-order valence-electron chi connectivity index (χ0n) is 20.2. The van der Waals surface area contributed by atoms with Gasteiger partial charge in [-0.1, -0.05) is 0 Å². The van der Waals surface area contributed by atoms with Gasteiger partial charge in [0, 0.05) is 10.8 Å². The molecule has 1 heterocycles. The Hall–Kier alpha value is -2.87. The summed E-state index contributed by atoms with van der Waals surface area (Å²) in [7, 11) is 0. The van der Waals surface area contributed by atoms with E-state index in [9.17, 15) is 66.3 Å². The van der Waals surface area contributed by atoms with Gasteiger partial charge in [0.05, 0.1) is 10.8 Å². The second kappa shape index (κ2) is 11.4. The van der Waals surface area contributed by atoms with E-state index in [4.69, 9.17) is 0 Å². The van der Waals surface area contributed by atoms with E-state index in [1.165, 1.54) is 0 Å². The van der Waals surface area contributed by atoms with Crippen molar-refractivity contribution in [3.05, 3.63) is 50.6 Å². The molecule has 0 saturated heterocycles. The molecule has 3 aromatic carbocycles. The van der Waals surface area contributed by atoms with Gasteiger partial charge in [-0.05, 0) is 0 Å². The third kappa shape index (κ3) is 5.36. The summed E-state index contributed by atoms with van der Waals surface area (Å²) < 4.78 is 290. The average Bonchev–Trinajstić information content (AvgIpc) is 3.35. The third-order valence-corrected chi connectivity index (χ3v) is 8.56. The van der Waals surface area contributed by atoms with Gasteiger partial charge in [0.1, 0.15) is 60.8 Å². The number of rotatable bonds is 3. The molecule has 0 saturated carbocycles. The topological polar surface area (TPSA) is 82.3 Å². The Morgan fingerprint density at radius 1 is 0.413 bits per heavy atom. The van der Waals surface area contributed by atoms with Gasteiger partial charge in [-0.3, -0.25) is 0 Å². The van der Waals surface area contributed by atoms with E-state index in [0.717, 1.165) is 0 Å². The molecule has 0 fully saturated rings. The molecule has 3 unspecified atom stereocenters. The lowest BCUT2D eigenvalue weighted by Gasteiger charge is -2.09. The third-order valence-electron chi connectivity index (χ3n) is 5.71. The highest BCUT2D eigenvalue weighted by atomic mass is 32.2. The van der Waals surface area contributed by atoms with Gasteiger partial charge in [0.15, 0.2) is 34.4 Å². The Balaban J connectivity index is 2.51. The van der Waals surface area contributed by atoms with E-state index in [2.05, 4.69) is 4.42 Å². The van der Waals surface area contributed by atoms with E-state index in [1.54, 1.807) is 0 Å². The largest absolute Gasteiger partial charge is 0.602 e. The summed E-state index contributed by atoms with van der Waals surface area (Å²) in [6, 6.07) is 0. The number of hydrogen-bond acceptors (Lipinski definition) is 4. The lowest BCUT2D eigenvalue weighted by atomic mass is 10.1. The molecule has 0 spiro atoms. The van der Waals surface area contributed by atoms with Crippen molar-refractivity contribution in [3.8, 4) is 0 Å². The van der Waals surface area contributed by atoms with E-state index in [-0.39, 0.29) is 0 Å². The van der Waals surface area contributed by atoms with Gasteiger partial charge in [-0.25, -0.2) is 26.3 Å². The van der Waals surface area contributed by atoms with Crippen molar-refractivity contribution in [1.29, 1.82) is 0 Å². The highest BCUT2D eigenvalue weighted by Crippen LogP contribution is 2.41. The Kier molecular flexibility index (Phi) is 8.90. The summed E-state index contributed by atoms with van der Waals surface area (Å²) in [5.41, 5.74) is -23.3. The Morgan fingerprint density at radius 2 is 0.630 bits per heavy atom. The number of fused-ring (bicyclic) bond motifs is 5.